The van der Waals surface area contributed by atoms with Crippen LogP contribution in [0, 0.1) is 17.0 Å². The molecule has 0 unspecified atom stereocenters. The first-order chi connectivity index (χ1) is 17.3. The lowest BCUT2D eigenvalue weighted by Crippen LogP contribution is -2.19. The van der Waals surface area contributed by atoms with E-state index in [9.17, 15) is 20.0 Å². The minimum Gasteiger partial charge on any atom is -0.504 e. The molecule has 11 nitrogen and oxygen atoms in total. The number of hydrogen-bond acceptors (Lipinski definition) is 8. The van der Waals surface area contributed by atoms with Crippen molar-refractivity contribution in [1.82, 2.24) is 9.36 Å². The van der Waals surface area contributed by atoms with Gasteiger partial charge in [-0.2, -0.15) is 10.2 Å². The van der Waals surface area contributed by atoms with Crippen molar-refractivity contribution >= 4 is 29.0 Å². The molecule has 4 rings (SSSR count). The lowest BCUT2D eigenvalue weighted by Gasteiger charge is -2.07. The first kappa shape index (κ1) is 24.1. The number of para-hydroxylation sites is 1. The summed E-state index contributed by atoms with van der Waals surface area (Å²) >= 11 is 0. The number of ether oxygens (including phenoxy) is 1. The van der Waals surface area contributed by atoms with E-state index in [0.717, 1.165) is 0 Å². The number of aromatic hydroxyl groups is 1. The van der Waals surface area contributed by atoms with Gasteiger partial charge >= 0.3 is 0 Å². The van der Waals surface area contributed by atoms with Gasteiger partial charge in [-0.1, -0.05) is 18.2 Å². The van der Waals surface area contributed by atoms with Crippen LogP contribution in [0.25, 0.3) is 5.69 Å². The zero-order valence-corrected chi connectivity index (χ0v) is 19.7. The Balaban J connectivity index is 1.69. The van der Waals surface area contributed by atoms with Crippen molar-refractivity contribution in [3.05, 3.63) is 98.5 Å². The molecule has 182 valence electrons. The third-order valence-corrected chi connectivity index (χ3v) is 5.51. The lowest BCUT2D eigenvalue weighted by atomic mass is 10.1. The molecular weight excluding hydrogens is 464 g/mol. The fraction of sp³-hybridized carbons (Fsp3) is 0.120. The SMILES string of the molecule is COc1cc(N=Nc2ccc([N+](=O)[O-])cc2)cc(C=Nc2c(C)n(C)n(-c3ccccc3)c2=O)c1O. The van der Waals surface area contributed by atoms with Crippen LogP contribution in [0.15, 0.2) is 86.7 Å². The number of nitro benzene ring substituents is 1. The van der Waals surface area contributed by atoms with Gasteiger partial charge in [-0.25, -0.2) is 9.67 Å². The highest BCUT2D eigenvalue weighted by Crippen LogP contribution is 2.35. The lowest BCUT2D eigenvalue weighted by molar-refractivity contribution is -0.384. The van der Waals surface area contributed by atoms with Crippen molar-refractivity contribution in [2.24, 2.45) is 22.3 Å². The average molecular weight is 486 g/mol. The van der Waals surface area contributed by atoms with Crippen LogP contribution in [0.1, 0.15) is 11.3 Å². The summed E-state index contributed by atoms with van der Waals surface area (Å²) in [5.41, 5.74) is 2.21. The predicted molar refractivity (Wildman–Crippen MR) is 135 cm³/mol. The third kappa shape index (κ3) is 4.75. The number of hydrogen-bond donors (Lipinski definition) is 1. The van der Waals surface area contributed by atoms with Crippen LogP contribution in [-0.4, -0.2) is 32.7 Å². The number of aliphatic imine (C=N–C) groups is 1. The van der Waals surface area contributed by atoms with E-state index in [1.165, 1.54) is 54.4 Å². The molecule has 1 N–H and O–H groups in total. The zero-order valence-electron chi connectivity index (χ0n) is 19.7. The summed E-state index contributed by atoms with van der Waals surface area (Å²) < 4.78 is 8.46. The van der Waals surface area contributed by atoms with Crippen molar-refractivity contribution in [3.8, 4) is 17.2 Å². The molecular formula is C25H22N6O5. The standard InChI is InChI=1S/C25H22N6O5/c1-16-23(25(33)30(29(16)2)20-7-5-4-6-8-20)26-15-17-13-19(14-22(36-3)24(17)32)28-27-18-9-11-21(12-10-18)31(34)35/h4-15,32H,1-3H3. The normalized spacial score (nSPS) is 11.4. The van der Waals surface area contributed by atoms with E-state index in [-0.39, 0.29) is 34.0 Å². The molecule has 0 aliphatic rings. The van der Waals surface area contributed by atoms with Gasteiger partial charge in [0.15, 0.2) is 17.2 Å². The first-order valence-corrected chi connectivity index (χ1v) is 10.8. The Bertz CT molecular complexity index is 1540. The second kappa shape index (κ2) is 10.1. The van der Waals surface area contributed by atoms with E-state index in [4.69, 9.17) is 4.74 Å². The van der Waals surface area contributed by atoms with Crippen LogP contribution in [-0.2, 0) is 7.05 Å². The molecule has 3 aromatic carbocycles. The zero-order chi connectivity index (χ0) is 25.8. The monoisotopic (exact) mass is 486 g/mol. The maximum atomic E-state index is 13.1. The van der Waals surface area contributed by atoms with Crippen molar-refractivity contribution < 1.29 is 14.8 Å². The Morgan fingerprint density at radius 2 is 1.69 bits per heavy atom. The van der Waals surface area contributed by atoms with Gasteiger partial charge in [0, 0.05) is 37.0 Å². The highest BCUT2D eigenvalue weighted by atomic mass is 16.6. The largest absolute Gasteiger partial charge is 0.504 e. The van der Waals surface area contributed by atoms with E-state index in [2.05, 4.69) is 15.2 Å². The number of azo groups is 1. The van der Waals surface area contributed by atoms with E-state index >= 15 is 0 Å². The van der Waals surface area contributed by atoms with Gasteiger partial charge in [0.25, 0.3) is 11.2 Å². The van der Waals surface area contributed by atoms with Crippen LogP contribution < -0.4 is 10.3 Å². The molecule has 0 saturated heterocycles. The Morgan fingerprint density at radius 1 is 1.03 bits per heavy atom. The van der Waals surface area contributed by atoms with E-state index in [0.29, 0.717) is 22.8 Å². The van der Waals surface area contributed by atoms with Crippen molar-refractivity contribution in [1.29, 1.82) is 0 Å². The van der Waals surface area contributed by atoms with Crippen LogP contribution in [0.3, 0.4) is 0 Å². The molecule has 1 heterocycles. The first-order valence-electron chi connectivity index (χ1n) is 10.8. The maximum absolute atomic E-state index is 13.1. The number of phenolic OH excluding ortho intramolecular Hbond substituents is 1. The summed E-state index contributed by atoms with van der Waals surface area (Å²) in [6.45, 7) is 1.78. The van der Waals surface area contributed by atoms with E-state index in [1.807, 2.05) is 30.3 Å². The number of non-ortho nitro benzene ring substituents is 1. The number of benzene rings is 3. The fourth-order valence-corrected chi connectivity index (χ4v) is 3.52. The molecule has 0 fully saturated rings. The highest BCUT2D eigenvalue weighted by Gasteiger charge is 2.16. The summed E-state index contributed by atoms with van der Waals surface area (Å²) in [7, 11) is 3.16. The van der Waals surface area contributed by atoms with Gasteiger partial charge in [0.1, 0.15) is 0 Å². The number of nitrogens with zero attached hydrogens (tertiary/aromatic N) is 6. The van der Waals surface area contributed by atoms with Crippen LogP contribution >= 0.6 is 0 Å². The third-order valence-electron chi connectivity index (χ3n) is 5.51. The minimum atomic E-state index is -0.500. The molecule has 0 spiro atoms. The van der Waals surface area contributed by atoms with Gasteiger partial charge < -0.3 is 9.84 Å². The van der Waals surface area contributed by atoms with Crippen LogP contribution in [0.4, 0.5) is 22.7 Å². The van der Waals surface area contributed by atoms with Gasteiger partial charge in [0.05, 0.1) is 34.8 Å². The maximum Gasteiger partial charge on any atom is 0.297 e. The molecule has 4 aromatic rings. The summed E-state index contributed by atoms with van der Waals surface area (Å²) in [5, 5.41) is 29.6. The Labute approximate surface area is 205 Å². The Hall–Kier alpha value is -5.06. The molecule has 0 amide bonds. The molecule has 0 aliphatic heterocycles. The molecule has 0 saturated carbocycles. The van der Waals surface area contributed by atoms with E-state index in [1.54, 1.807) is 18.7 Å². The van der Waals surface area contributed by atoms with E-state index < -0.39 is 4.92 Å². The fourth-order valence-electron chi connectivity index (χ4n) is 3.52. The van der Waals surface area contributed by atoms with Crippen molar-refractivity contribution in [3.63, 3.8) is 0 Å². The second-order valence-corrected chi connectivity index (χ2v) is 7.73. The summed E-state index contributed by atoms with van der Waals surface area (Å²) in [5.74, 6) is -0.0319. The molecule has 0 radical (unpaired) electrons. The van der Waals surface area contributed by atoms with Crippen LogP contribution in [0.2, 0.25) is 0 Å². The molecule has 0 atom stereocenters. The van der Waals surface area contributed by atoms with Gasteiger partial charge in [0.2, 0.25) is 0 Å². The van der Waals surface area contributed by atoms with Gasteiger partial charge in [-0.15, -0.1) is 0 Å². The molecule has 11 heteroatoms. The smallest absolute Gasteiger partial charge is 0.297 e. The Kier molecular flexibility index (Phi) is 6.72. The van der Waals surface area contributed by atoms with Crippen molar-refractivity contribution in [2.75, 3.05) is 7.11 Å². The number of nitro groups is 1. The molecule has 1 aromatic heterocycles. The average Bonchev–Trinajstić information content (AvgIpc) is 3.10. The minimum absolute atomic E-state index is 0.0544. The molecule has 0 aliphatic carbocycles. The van der Waals surface area contributed by atoms with Crippen LogP contribution in [0.5, 0.6) is 11.5 Å². The summed E-state index contributed by atoms with van der Waals surface area (Å²) in [6, 6.07) is 17.8. The molecule has 0 bridgehead atoms. The van der Waals surface area contributed by atoms with Crippen molar-refractivity contribution in [2.45, 2.75) is 6.92 Å². The highest BCUT2D eigenvalue weighted by molar-refractivity contribution is 5.88. The number of phenols is 1. The topological polar surface area (TPSA) is 137 Å². The Morgan fingerprint density at radius 3 is 2.33 bits per heavy atom. The quantitative estimate of drug-likeness (QED) is 0.164. The predicted octanol–water partition coefficient (Wildman–Crippen LogP) is 5.27. The number of methoxy groups -OCH3 is 1. The summed E-state index contributed by atoms with van der Waals surface area (Å²) in [6.07, 6.45) is 1.36. The second-order valence-electron chi connectivity index (χ2n) is 7.73. The molecule has 36 heavy (non-hydrogen) atoms. The number of rotatable bonds is 7. The number of aromatic nitrogens is 2. The summed E-state index contributed by atoms with van der Waals surface area (Å²) in [4.78, 5) is 27.8. The van der Waals surface area contributed by atoms with Gasteiger partial charge in [-0.3, -0.25) is 19.6 Å². The van der Waals surface area contributed by atoms with Gasteiger partial charge in [-0.05, 0) is 37.3 Å².